The normalized spacial score (nSPS) is 16.8. The van der Waals surface area contributed by atoms with Gasteiger partial charge in [-0.2, -0.15) is 0 Å². The molecule has 0 bridgehead atoms. The predicted molar refractivity (Wildman–Crippen MR) is 126 cm³/mol. The molecular formula is C25H23N3O3S. The molecule has 0 radical (unpaired) electrons. The average Bonchev–Trinajstić information content (AvgIpc) is 3.35. The van der Waals surface area contributed by atoms with E-state index in [1.165, 1.54) is 0 Å². The van der Waals surface area contributed by atoms with Crippen LogP contribution in [0.25, 0.3) is 0 Å². The quantitative estimate of drug-likeness (QED) is 0.562. The predicted octanol–water partition coefficient (Wildman–Crippen LogP) is 5.43. The molecule has 1 saturated heterocycles. The van der Waals surface area contributed by atoms with Crippen LogP contribution in [0.5, 0.6) is 0 Å². The molecule has 6 nitrogen and oxygen atoms in total. The van der Waals surface area contributed by atoms with Crippen molar-refractivity contribution in [2.24, 2.45) is 0 Å². The van der Waals surface area contributed by atoms with E-state index >= 15 is 0 Å². The molecule has 2 N–H and O–H groups in total. The molecule has 3 aromatic carbocycles. The zero-order valence-corrected chi connectivity index (χ0v) is 18.2. The van der Waals surface area contributed by atoms with E-state index < -0.39 is 0 Å². The van der Waals surface area contributed by atoms with Crippen molar-refractivity contribution in [1.82, 2.24) is 5.32 Å². The minimum Gasteiger partial charge on any atom is -0.376 e. The summed E-state index contributed by atoms with van der Waals surface area (Å²) in [6, 6.07) is 22.4. The lowest BCUT2D eigenvalue weighted by molar-refractivity contribution is 0.0858. The number of carbonyl (C=O) groups excluding carboxylic acids is 2. The van der Waals surface area contributed by atoms with Gasteiger partial charge in [0.1, 0.15) is 0 Å². The molecule has 32 heavy (non-hydrogen) atoms. The highest BCUT2D eigenvalue weighted by Gasteiger charge is 2.28. The number of anilines is 3. The van der Waals surface area contributed by atoms with Gasteiger partial charge in [0, 0.05) is 22.9 Å². The second-order valence-electron chi connectivity index (χ2n) is 7.69. The third kappa shape index (κ3) is 4.09. The second kappa shape index (κ2) is 9.06. The average molecular weight is 446 g/mol. The van der Waals surface area contributed by atoms with Crippen molar-refractivity contribution in [2.75, 3.05) is 23.4 Å². The van der Waals surface area contributed by atoms with Gasteiger partial charge in [0.25, 0.3) is 5.91 Å². The molecule has 2 aliphatic rings. The van der Waals surface area contributed by atoms with Crippen LogP contribution in [0.4, 0.5) is 21.9 Å². The van der Waals surface area contributed by atoms with E-state index in [-0.39, 0.29) is 18.0 Å². The summed E-state index contributed by atoms with van der Waals surface area (Å²) in [5.74, 6) is -0.230. The number of carbonyl (C=O) groups is 2. The first-order valence-corrected chi connectivity index (χ1v) is 11.5. The van der Waals surface area contributed by atoms with E-state index in [1.54, 1.807) is 40.9 Å². The number of nitrogens with one attached hydrogen (secondary N) is 2. The summed E-state index contributed by atoms with van der Waals surface area (Å²) >= 11 is 1.64. The molecule has 2 aliphatic heterocycles. The summed E-state index contributed by atoms with van der Waals surface area (Å²) < 4.78 is 5.59. The van der Waals surface area contributed by atoms with Crippen LogP contribution in [-0.4, -0.2) is 31.2 Å². The lowest BCUT2D eigenvalue weighted by Gasteiger charge is -2.31. The fourth-order valence-corrected chi connectivity index (χ4v) is 5.05. The van der Waals surface area contributed by atoms with Crippen molar-refractivity contribution in [1.29, 1.82) is 0 Å². The van der Waals surface area contributed by atoms with Crippen LogP contribution in [0, 0.1) is 0 Å². The zero-order chi connectivity index (χ0) is 21.9. The number of ether oxygens (including phenoxy) is 1. The molecule has 162 valence electrons. The Morgan fingerprint density at radius 3 is 2.28 bits per heavy atom. The highest BCUT2D eigenvalue weighted by Crippen LogP contribution is 2.48. The van der Waals surface area contributed by atoms with Crippen LogP contribution < -0.4 is 15.5 Å². The summed E-state index contributed by atoms with van der Waals surface area (Å²) in [6.45, 7) is 1.20. The van der Waals surface area contributed by atoms with Crippen molar-refractivity contribution in [2.45, 2.75) is 28.7 Å². The van der Waals surface area contributed by atoms with Gasteiger partial charge in [0.05, 0.1) is 28.7 Å². The number of fused-ring (bicyclic) bond motifs is 2. The molecule has 1 unspecified atom stereocenters. The van der Waals surface area contributed by atoms with E-state index in [0.717, 1.165) is 40.6 Å². The van der Waals surface area contributed by atoms with E-state index in [1.807, 2.05) is 48.5 Å². The first-order chi connectivity index (χ1) is 15.7. The van der Waals surface area contributed by atoms with Crippen LogP contribution in [0.1, 0.15) is 23.2 Å². The van der Waals surface area contributed by atoms with Gasteiger partial charge in [-0.15, -0.1) is 0 Å². The Kier molecular flexibility index (Phi) is 5.83. The SMILES string of the molecule is O=C(NCC1CCCO1)c1ccccc1NC(=O)N1c2ccccc2Sc2ccccc21. The van der Waals surface area contributed by atoms with Gasteiger partial charge in [-0.3, -0.25) is 9.69 Å². The lowest BCUT2D eigenvalue weighted by atomic mass is 10.1. The van der Waals surface area contributed by atoms with E-state index in [0.29, 0.717) is 17.8 Å². The molecule has 3 amide bonds. The molecule has 2 heterocycles. The minimum atomic E-state index is -0.315. The van der Waals surface area contributed by atoms with Gasteiger partial charge in [-0.25, -0.2) is 4.79 Å². The Balaban J connectivity index is 1.40. The summed E-state index contributed by atoms with van der Waals surface area (Å²) in [5.41, 5.74) is 2.52. The van der Waals surface area contributed by atoms with E-state index in [4.69, 9.17) is 4.74 Å². The number of nitrogens with zero attached hydrogens (tertiary/aromatic N) is 1. The minimum absolute atomic E-state index is 0.0551. The number of rotatable bonds is 4. The van der Waals surface area contributed by atoms with Gasteiger partial charge in [-0.05, 0) is 49.2 Å². The molecule has 0 spiro atoms. The molecule has 1 fully saturated rings. The topological polar surface area (TPSA) is 70.7 Å². The van der Waals surface area contributed by atoms with Crippen molar-refractivity contribution < 1.29 is 14.3 Å². The van der Waals surface area contributed by atoms with Gasteiger partial charge in [0.2, 0.25) is 0 Å². The van der Waals surface area contributed by atoms with Crippen molar-refractivity contribution in [3.8, 4) is 0 Å². The standard InChI is InChI=1S/C25H23N3O3S/c29-24(26-16-17-8-7-15-31-17)18-9-1-2-10-19(18)27-25(30)28-20-11-3-5-13-22(20)32-23-14-6-4-12-21(23)28/h1-6,9-14,17H,7-8,15-16H2,(H,26,29)(H,27,30). The largest absolute Gasteiger partial charge is 0.376 e. The van der Waals surface area contributed by atoms with Crippen LogP contribution in [0.3, 0.4) is 0 Å². The van der Waals surface area contributed by atoms with Gasteiger partial charge in [0.15, 0.2) is 0 Å². The van der Waals surface area contributed by atoms with Crippen molar-refractivity contribution in [3.05, 3.63) is 78.4 Å². The number of benzene rings is 3. The number of urea groups is 1. The summed E-state index contributed by atoms with van der Waals surface area (Å²) in [4.78, 5) is 30.0. The summed E-state index contributed by atoms with van der Waals surface area (Å²) in [6.07, 6.45) is 2.02. The van der Waals surface area contributed by atoms with E-state index in [9.17, 15) is 9.59 Å². The Hall–Kier alpha value is -3.29. The fraction of sp³-hybridized carbons (Fsp3) is 0.200. The molecular weight excluding hydrogens is 422 g/mol. The summed E-state index contributed by atoms with van der Waals surface area (Å²) in [7, 11) is 0. The third-order valence-corrected chi connectivity index (χ3v) is 6.69. The number of hydrogen-bond donors (Lipinski definition) is 2. The Labute approximate surface area is 191 Å². The highest BCUT2D eigenvalue weighted by molar-refractivity contribution is 7.99. The molecule has 7 heteroatoms. The Morgan fingerprint density at radius 2 is 1.59 bits per heavy atom. The van der Waals surface area contributed by atoms with Crippen LogP contribution in [-0.2, 0) is 4.74 Å². The molecule has 0 aliphatic carbocycles. The van der Waals surface area contributed by atoms with Crippen molar-refractivity contribution >= 4 is 40.8 Å². The maximum absolute atomic E-state index is 13.5. The van der Waals surface area contributed by atoms with Crippen LogP contribution in [0.2, 0.25) is 0 Å². The van der Waals surface area contributed by atoms with E-state index in [2.05, 4.69) is 10.6 Å². The maximum Gasteiger partial charge on any atom is 0.331 e. The second-order valence-corrected chi connectivity index (χ2v) is 8.78. The first kappa shape index (κ1) is 20.6. The molecule has 0 aromatic heterocycles. The Morgan fingerprint density at radius 1 is 0.938 bits per heavy atom. The number of hydrogen-bond acceptors (Lipinski definition) is 4. The van der Waals surface area contributed by atoms with Gasteiger partial charge < -0.3 is 15.4 Å². The highest BCUT2D eigenvalue weighted by atomic mass is 32.2. The summed E-state index contributed by atoms with van der Waals surface area (Å²) in [5, 5.41) is 5.89. The van der Waals surface area contributed by atoms with Crippen LogP contribution >= 0.6 is 11.8 Å². The lowest BCUT2D eigenvalue weighted by Crippen LogP contribution is -2.35. The molecule has 3 aromatic rings. The molecule has 5 rings (SSSR count). The Bertz CT molecular complexity index is 1110. The first-order valence-electron chi connectivity index (χ1n) is 10.7. The smallest absolute Gasteiger partial charge is 0.331 e. The van der Waals surface area contributed by atoms with Crippen molar-refractivity contribution in [3.63, 3.8) is 0 Å². The number of amides is 3. The van der Waals surface area contributed by atoms with Gasteiger partial charge >= 0.3 is 6.03 Å². The number of para-hydroxylation sites is 3. The third-order valence-electron chi connectivity index (χ3n) is 5.56. The maximum atomic E-state index is 13.5. The van der Waals surface area contributed by atoms with Gasteiger partial charge in [-0.1, -0.05) is 48.2 Å². The molecule has 1 atom stereocenters. The monoisotopic (exact) mass is 445 g/mol. The van der Waals surface area contributed by atoms with Crippen LogP contribution in [0.15, 0.2) is 82.6 Å². The molecule has 0 saturated carbocycles. The fourth-order valence-electron chi connectivity index (χ4n) is 3.99. The zero-order valence-electron chi connectivity index (χ0n) is 17.4.